The fourth-order valence-electron chi connectivity index (χ4n) is 5.11. The summed E-state index contributed by atoms with van der Waals surface area (Å²) in [4.78, 5) is 11.2. The van der Waals surface area contributed by atoms with E-state index >= 15 is 0 Å². The van der Waals surface area contributed by atoms with Gasteiger partial charge in [0.15, 0.2) is 0 Å². The highest BCUT2D eigenvalue weighted by atomic mass is 32.2. The van der Waals surface area contributed by atoms with Gasteiger partial charge in [0, 0.05) is 40.4 Å². The summed E-state index contributed by atoms with van der Waals surface area (Å²) in [6, 6.07) is 36.1. The second kappa shape index (κ2) is 14.6. The van der Waals surface area contributed by atoms with Gasteiger partial charge >= 0.3 is 0 Å². The van der Waals surface area contributed by atoms with Crippen molar-refractivity contribution < 1.29 is 0 Å². The van der Waals surface area contributed by atoms with Crippen LogP contribution in [0.2, 0.25) is 0 Å². The van der Waals surface area contributed by atoms with Crippen molar-refractivity contribution in [2.24, 2.45) is 0 Å². The Morgan fingerprint density at radius 3 is 1.31 bits per heavy atom. The van der Waals surface area contributed by atoms with Crippen molar-refractivity contribution in [2.45, 2.75) is 25.7 Å². The van der Waals surface area contributed by atoms with Crippen LogP contribution in [0.5, 0.6) is 0 Å². The molecule has 6 rings (SSSR count). The van der Waals surface area contributed by atoms with Crippen LogP contribution in [0, 0.1) is 0 Å². The molecule has 0 radical (unpaired) electrons. The molecule has 0 aliphatic heterocycles. The van der Waals surface area contributed by atoms with E-state index < -0.39 is 0 Å². The molecular weight excluding hydrogens is 625 g/mol. The Labute approximate surface area is 274 Å². The van der Waals surface area contributed by atoms with E-state index in [4.69, 9.17) is 0 Å². The SMILES string of the molecule is CSCCCc1ccc(-c2sc(-c3cc(-c4ccccc4)c(-c4ccc(CCCSC)s4)s3)cc2-c2ccccc2)s1. The molecule has 4 aromatic heterocycles. The Bertz CT molecular complexity index is 1570. The van der Waals surface area contributed by atoms with Crippen LogP contribution in [-0.2, 0) is 12.8 Å². The van der Waals surface area contributed by atoms with Crippen molar-refractivity contribution in [2.75, 3.05) is 24.0 Å². The Morgan fingerprint density at radius 2 is 0.905 bits per heavy atom. The minimum Gasteiger partial charge on any atom is -0.165 e. The second-order valence-corrected chi connectivity index (χ2v) is 16.6. The molecule has 0 bridgehead atoms. The number of benzene rings is 2. The quantitative estimate of drug-likeness (QED) is 0.113. The molecule has 0 amide bonds. The van der Waals surface area contributed by atoms with E-state index in [1.54, 1.807) is 0 Å². The highest BCUT2D eigenvalue weighted by Crippen LogP contribution is 2.51. The summed E-state index contributed by atoms with van der Waals surface area (Å²) in [6.07, 6.45) is 9.21. The van der Waals surface area contributed by atoms with Gasteiger partial charge in [0.25, 0.3) is 0 Å². The van der Waals surface area contributed by atoms with Gasteiger partial charge < -0.3 is 0 Å². The zero-order valence-electron chi connectivity index (χ0n) is 23.9. The van der Waals surface area contributed by atoms with Gasteiger partial charge in [0.1, 0.15) is 0 Å². The molecule has 6 heteroatoms. The normalized spacial score (nSPS) is 11.4. The van der Waals surface area contributed by atoms with E-state index in [9.17, 15) is 0 Å². The van der Waals surface area contributed by atoms with Gasteiger partial charge in [-0.05, 0) is 97.2 Å². The molecule has 0 atom stereocenters. The number of aryl methyl sites for hydroxylation is 2. The largest absolute Gasteiger partial charge is 0.165 e. The van der Waals surface area contributed by atoms with Crippen LogP contribution in [0.1, 0.15) is 22.6 Å². The van der Waals surface area contributed by atoms with Gasteiger partial charge in [0.2, 0.25) is 0 Å². The van der Waals surface area contributed by atoms with E-state index in [1.165, 1.54) is 98.5 Å². The van der Waals surface area contributed by atoms with Gasteiger partial charge in [-0.15, -0.1) is 45.3 Å². The van der Waals surface area contributed by atoms with Gasteiger partial charge in [-0.1, -0.05) is 60.7 Å². The summed E-state index contributed by atoms with van der Waals surface area (Å²) < 4.78 is 0. The fraction of sp³-hybridized carbons (Fsp3) is 0.222. The Hall–Kier alpha value is -2.06. The molecule has 4 heterocycles. The van der Waals surface area contributed by atoms with Crippen molar-refractivity contribution >= 4 is 68.9 Å². The molecule has 0 aliphatic rings. The maximum atomic E-state index is 2.44. The maximum absolute atomic E-state index is 2.44. The highest BCUT2D eigenvalue weighted by molar-refractivity contribution is 7.98. The number of thiophene rings is 4. The highest BCUT2D eigenvalue weighted by Gasteiger charge is 2.20. The predicted octanol–water partition coefficient (Wildman–Crippen LogP) is 12.9. The molecular formula is C36H34S6. The summed E-state index contributed by atoms with van der Waals surface area (Å²) in [5.41, 5.74) is 5.27. The predicted molar refractivity (Wildman–Crippen MR) is 199 cm³/mol. The van der Waals surface area contributed by atoms with E-state index in [0.717, 1.165) is 0 Å². The minimum absolute atomic E-state index is 1.17. The van der Waals surface area contributed by atoms with E-state index in [-0.39, 0.29) is 0 Å². The molecule has 0 unspecified atom stereocenters. The molecule has 0 aliphatic carbocycles. The summed E-state index contributed by atoms with van der Waals surface area (Å²) >= 11 is 11.7. The molecule has 2 aromatic carbocycles. The first-order valence-corrected chi connectivity index (χ1v) is 20.3. The average Bonchev–Trinajstić information content (AvgIpc) is 3.84. The van der Waals surface area contributed by atoms with Crippen LogP contribution in [0.4, 0.5) is 0 Å². The maximum Gasteiger partial charge on any atom is 0.0527 e. The molecule has 0 N–H and O–H groups in total. The van der Waals surface area contributed by atoms with Gasteiger partial charge in [-0.2, -0.15) is 23.5 Å². The number of hydrogen-bond acceptors (Lipinski definition) is 6. The number of hydrogen-bond donors (Lipinski definition) is 0. The fourth-order valence-corrected chi connectivity index (χ4v) is 10.8. The molecule has 214 valence electrons. The summed E-state index contributed by atoms with van der Waals surface area (Å²) in [7, 11) is 0. The zero-order valence-corrected chi connectivity index (χ0v) is 28.8. The first-order chi connectivity index (χ1) is 20.7. The van der Waals surface area contributed by atoms with Crippen LogP contribution in [0.3, 0.4) is 0 Å². The summed E-state index contributed by atoms with van der Waals surface area (Å²) in [6.45, 7) is 0. The van der Waals surface area contributed by atoms with Crippen molar-refractivity contribution in [1.29, 1.82) is 0 Å². The van der Waals surface area contributed by atoms with Crippen LogP contribution in [0.25, 0.3) is 51.5 Å². The van der Waals surface area contributed by atoms with Gasteiger partial charge in [-0.3, -0.25) is 0 Å². The van der Waals surface area contributed by atoms with Crippen molar-refractivity contribution in [3.63, 3.8) is 0 Å². The third-order valence-corrected chi connectivity index (χ3v) is 13.7. The molecule has 0 spiro atoms. The topological polar surface area (TPSA) is 0 Å². The summed E-state index contributed by atoms with van der Waals surface area (Å²) in [5.74, 6) is 2.44. The lowest BCUT2D eigenvalue weighted by Gasteiger charge is -2.02. The van der Waals surface area contributed by atoms with E-state index in [0.29, 0.717) is 0 Å². The van der Waals surface area contributed by atoms with Gasteiger partial charge in [0.05, 0.1) is 9.75 Å². The molecule has 42 heavy (non-hydrogen) atoms. The van der Waals surface area contributed by atoms with Crippen molar-refractivity contribution in [1.82, 2.24) is 0 Å². The number of thioether (sulfide) groups is 2. The molecule has 6 aromatic rings. The second-order valence-electron chi connectivity index (χ2n) is 10.2. The van der Waals surface area contributed by atoms with Crippen molar-refractivity contribution in [3.05, 3.63) is 107 Å². The molecule has 0 nitrogen and oxygen atoms in total. The van der Waals surface area contributed by atoms with Crippen LogP contribution in [-0.4, -0.2) is 24.0 Å². The lowest BCUT2D eigenvalue weighted by Crippen LogP contribution is -1.82. The Morgan fingerprint density at radius 1 is 0.476 bits per heavy atom. The first kappa shape index (κ1) is 30.0. The van der Waals surface area contributed by atoms with Crippen LogP contribution >= 0.6 is 68.9 Å². The van der Waals surface area contributed by atoms with Crippen LogP contribution < -0.4 is 0 Å². The zero-order chi connectivity index (χ0) is 28.7. The molecule has 0 saturated heterocycles. The monoisotopic (exact) mass is 658 g/mol. The van der Waals surface area contributed by atoms with Crippen molar-refractivity contribution in [3.8, 4) is 51.5 Å². The minimum atomic E-state index is 1.17. The first-order valence-electron chi connectivity index (χ1n) is 14.3. The Kier molecular flexibility index (Phi) is 10.4. The number of rotatable bonds is 13. The lowest BCUT2D eigenvalue weighted by molar-refractivity contribution is 0.953. The van der Waals surface area contributed by atoms with E-state index in [1.807, 2.05) is 68.9 Å². The van der Waals surface area contributed by atoms with Crippen LogP contribution in [0.15, 0.2) is 97.1 Å². The smallest absolute Gasteiger partial charge is 0.0527 e. The summed E-state index contributed by atoms with van der Waals surface area (Å²) in [5, 5.41) is 0. The Balaban J connectivity index is 1.41. The third kappa shape index (κ3) is 7.01. The standard InChI is InChI=1S/C36H34S6/c1-37-21-9-15-27-17-19-31(39-27)35-29(25-11-5-3-6-12-25)23-33(41-35)34-24-30(26-13-7-4-8-14-26)36(42-34)32-20-18-28(40-32)16-10-22-38-2/h3-8,11-14,17-20,23-24H,9-10,15-16,21-22H2,1-2H3. The third-order valence-electron chi connectivity index (χ3n) is 7.19. The molecule has 0 fully saturated rings. The lowest BCUT2D eigenvalue weighted by atomic mass is 10.0. The van der Waals surface area contributed by atoms with E-state index in [2.05, 4.69) is 110 Å². The average molecular weight is 659 g/mol. The van der Waals surface area contributed by atoms with Gasteiger partial charge in [-0.25, -0.2) is 0 Å². The molecule has 0 saturated carbocycles.